The number of hydrogen-bond acceptors (Lipinski definition) is 3. The fourth-order valence-corrected chi connectivity index (χ4v) is 2.17. The van der Waals surface area contributed by atoms with E-state index in [-0.39, 0.29) is 11.6 Å². The van der Waals surface area contributed by atoms with Gasteiger partial charge in [-0.05, 0) is 29.8 Å². The monoisotopic (exact) mass is 327 g/mol. The van der Waals surface area contributed by atoms with Gasteiger partial charge in [-0.15, -0.1) is 11.6 Å². The lowest BCUT2D eigenvalue weighted by Gasteiger charge is -2.17. The van der Waals surface area contributed by atoms with Crippen molar-refractivity contribution in [2.75, 3.05) is 5.88 Å². The van der Waals surface area contributed by atoms with Crippen molar-refractivity contribution in [3.63, 3.8) is 0 Å². The molecule has 0 radical (unpaired) electrons. The molecule has 0 aliphatic heterocycles. The first kappa shape index (κ1) is 16.2. The van der Waals surface area contributed by atoms with Crippen molar-refractivity contribution in [3.8, 4) is 5.75 Å². The van der Waals surface area contributed by atoms with E-state index >= 15 is 0 Å². The molecule has 1 unspecified atom stereocenters. The average Bonchev–Trinajstić information content (AvgIpc) is 2.52. The summed E-state index contributed by atoms with van der Waals surface area (Å²) in [5, 5.41) is 11.0. The van der Waals surface area contributed by atoms with Crippen molar-refractivity contribution in [3.05, 3.63) is 65.2 Å². The summed E-state index contributed by atoms with van der Waals surface area (Å²) in [6.07, 6.45) is 0. The number of carbonyl (C=O) groups is 1. The quantitative estimate of drug-likeness (QED) is 0.502. The second-order valence-electron chi connectivity index (χ2n) is 4.44. The Morgan fingerprint density at radius 1 is 1.18 bits per heavy atom. The molecule has 0 aromatic heterocycles. The number of benzene rings is 2. The number of halogens is 3. The minimum atomic E-state index is -0.949. The standard InChI is InChI=1S/C15H12ClF2NO3/c16-8-13(9-4-6-10(22-21)7-5-9)19-15(20)14-11(17)2-1-3-12(14)18/h1-7,13,21H,8H2,(H,19,20). The molecule has 0 aliphatic rings. The highest BCUT2D eigenvalue weighted by molar-refractivity contribution is 6.18. The molecule has 0 saturated carbocycles. The van der Waals surface area contributed by atoms with Gasteiger partial charge in [-0.3, -0.25) is 4.79 Å². The van der Waals surface area contributed by atoms with Crippen molar-refractivity contribution < 1.29 is 23.7 Å². The molecule has 4 nitrogen and oxygen atoms in total. The molecular formula is C15H12ClF2NO3. The van der Waals surface area contributed by atoms with Gasteiger partial charge >= 0.3 is 0 Å². The Morgan fingerprint density at radius 3 is 2.27 bits per heavy atom. The predicted octanol–water partition coefficient (Wildman–Crippen LogP) is 3.53. The normalized spacial score (nSPS) is 11.8. The lowest BCUT2D eigenvalue weighted by molar-refractivity contribution is -0.137. The van der Waals surface area contributed by atoms with E-state index in [9.17, 15) is 13.6 Å². The van der Waals surface area contributed by atoms with Crippen LogP contribution < -0.4 is 10.2 Å². The molecular weight excluding hydrogens is 316 g/mol. The van der Waals surface area contributed by atoms with Gasteiger partial charge < -0.3 is 10.2 Å². The van der Waals surface area contributed by atoms with Gasteiger partial charge in [-0.2, -0.15) is 0 Å². The average molecular weight is 328 g/mol. The summed E-state index contributed by atoms with van der Waals surface area (Å²) in [6.45, 7) is 0. The van der Waals surface area contributed by atoms with E-state index in [0.29, 0.717) is 5.56 Å². The van der Waals surface area contributed by atoms with Gasteiger partial charge in [0, 0.05) is 5.88 Å². The maximum atomic E-state index is 13.6. The zero-order chi connectivity index (χ0) is 16.1. The van der Waals surface area contributed by atoms with Gasteiger partial charge in [0.2, 0.25) is 0 Å². The first-order valence-electron chi connectivity index (χ1n) is 6.29. The van der Waals surface area contributed by atoms with Crippen LogP contribution in [0.2, 0.25) is 0 Å². The Balaban J connectivity index is 2.20. The highest BCUT2D eigenvalue weighted by atomic mass is 35.5. The molecule has 0 aliphatic carbocycles. The van der Waals surface area contributed by atoms with E-state index in [2.05, 4.69) is 10.2 Å². The third-order valence-electron chi connectivity index (χ3n) is 3.04. The van der Waals surface area contributed by atoms with Crippen LogP contribution in [0, 0.1) is 11.6 Å². The van der Waals surface area contributed by atoms with Gasteiger partial charge in [0.25, 0.3) is 5.91 Å². The number of hydrogen-bond donors (Lipinski definition) is 2. The van der Waals surface area contributed by atoms with E-state index in [4.69, 9.17) is 16.9 Å². The molecule has 22 heavy (non-hydrogen) atoms. The number of amides is 1. The minimum Gasteiger partial charge on any atom is -0.344 e. The summed E-state index contributed by atoms with van der Waals surface area (Å²) >= 11 is 5.80. The summed E-state index contributed by atoms with van der Waals surface area (Å²) in [5.41, 5.74) is -0.0613. The Labute approximate surface area is 130 Å². The molecule has 0 fully saturated rings. The molecule has 0 heterocycles. The minimum absolute atomic E-state index is 0.00113. The Bertz CT molecular complexity index is 644. The number of rotatable bonds is 5. The van der Waals surface area contributed by atoms with Gasteiger partial charge in [0.1, 0.15) is 17.2 Å². The van der Waals surface area contributed by atoms with Crippen LogP contribution in [0.4, 0.5) is 8.78 Å². The Hall–Kier alpha value is -2.18. The number of carbonyl (C=O) groups excluding carboxylic acids is 1. The Morgan fingerprint density at radius 2 is 1.77 bits per heavy atom. The van der Waals surface area contributed by atoms with Crippen LogP contribution in [0.1, 0.15) is 22.0 Å². The largest absolute Gasteiger partial charge is 0.344 e. The SMILES string of the molecule is O=C(NC(CCl)c1ccc(OO)cc1)c1c(F)cccc1F. The maximum Gasteiger partial charge on any atom is 0.257 e. The Kier molecular flexibility index (Phi) is 5.30. The van der Waals surface area contributed by atoms with Crippen LogP contribution in [0.3, 0.4) is 0 Å². The van der Waals surface area contributed by atoms with E-state index in [1.807, 2.05) is 0 Å². The zero-order valence-electron chi connectivity index (χ0n) is 11.2. The highest BCUT2D eigenvalue weighted by Gasteiger charge is 2.21. The molecule has 0 spiro atoms. The summed E-state index contributed by atoms with van der Waals surface area (Å²) in [6, 6.07) is 8.58. The summed E-state index contributed by atoms with van der Waals surface area (Å²) in [4.78, 5) is 16.1. The fourth-order valence-electron chi connectivity index (χ4n) is 1.92. The summed E-state index contributed by atoms with van der Waals surface area (Å²) in [5.74, 6) is -2.58. The molecule has 2 rings (SSSR count). The molecule has 2 aromatic carbocycles. The van der Waals surface area contributed by atoms with Crippen LogP contribution in [-0.2, 0) is 0 Å². The van der Waals surface area contributed by atoms with E-state index in [0.717, 1.165) is 12.1 Å². The first-order chi connectivity index (χ1) is 10.6. The molecule has 2 aromatic rings. The predicted molar refractivity (Wildman–Crippen MR) is 77.0 cm³/mol. The number of nitrogens with one attached hydrogen (secondary N) is 1. The van der Waals surface area contributed by atoms with Gasteiger partial charge in [-0.1, -0.05) is 18.2 Å². The van der Waals surface area contributed by atoms with E-state index < -0.39 is 29.1 Å². The third-order valence-corrected chi connectivity index (χ3v) is 3.35. The summed E-state index contributed by atoms with van der Waals surface area (Å²) in [7, 11) is 0. The topological polar surface area (TPSA) is 58.6 Å². The fraction of sp³-hybridized carbons (Fsp3) is 0.133. The molecule has 7 heteroatoms. The van der Waals surface area contributed by atoms with Crippen LogP contribution in [0.5, 0.6) is 5.75 Å². The third kappa shape index (κ3) is 3.52. The van der Waals surface area contributed by atoms with Crippen molar-refractivity contribution in [1.82, 2.24) is 5.32 Å². The smallest absolute Gasteiger partial charge is 0.257 e. The molecule has 116 valence electrons. The lowest BCUT2D eigenvalue weighted by Crippen LogP contribution is -2.31. The van der Waals surface area contributed by atoms with Gasteiger partial charge in [0.05, 0.1) is 6.04 Å². The second kappa shape index (κ2) is 7.20. The van der Waals surface area contributed by atoms with Crippen LogP contribution >= 0.6 is 11.6 Å². The van der Waals surface area contributed by atoms with Crippen molar-refractivity contribution in [2.45, 2.75) is 6.04 Å². The van der Waals surface area contributed by atoms with Gasteiger partial charge in [-0.25, -0.2) is 14.0 Å². The number of alkyl halides is 1. The first-order valence-corrected chi connectivity index (χ1v) is 6.82. The van der Waals surface area contributed by atoms with Crippen LogP contribution in [0.25, 0.3) is 0 Å². The van der Waals surface area contributed by atoms with Crippen molar-refractivity contribution >= 4 is 17.5 Å². The van der Waals surface area contributed by atoms with Crippen molar-refractivity contribution in [1.29, 1.82) is 0 Å². The molecule has 0 bridgehead atoms. The van der Waals surface area contributed by atoms with Gasteiger partial charge in [0.15, 0.2) is 5.75 Å². The van der Waals surface area contributed by atoms with E-state index in [1.165, 1.54) is 18.2 Å². The van der Waals surface area contributed by atoms with Crippen molar-refractivity contribution in [2.24, 2.45) is 0 Å². The van der Waals surface area contributed by atoms with Crippen LogP contribution in [0.15, 0.2) is 42.5 Å². The molecule has 1 atom stereocenters. The zero-order valence-corrected chi connectivity index (χ0v) is 12.0. The second-order valence-corrected chi connectivity index (χ2v) is 4.75. The highest BCUT2D eigenvalue weighted by Crippen LogP contribution is 2.20. The van der Waals surface area contributed by atoms with Crippen LogP contribution in [-0.4, -0.2) is 17.0 Å². The maximum absolute atomic E-state index is 13.6. The molecule has 1 amide bonds. The summed E-state index contributed by atoms with van der Waals surface area (Å²) < 4.78 is 27.2. The molecule has 0 saturated heterocycles. The van der Waals surface area contributed by atoms with E-state index in [1.54, 1.807) is 12.1 Å². The lowest BCUT2D eigenvalue weighted by atomic mass is 10.1. The molecule has 2 N–H and O–H groups in total.